The van der Waals surface area contributed by atoms with Gasteiger partial charge in [0.2, 0.25) is 0 Å². The van der Waals surface area contributed by atoms with Gasteiger partial charge in [0, 0.05) is 11.8 Å². The van der Waals surface area contributed by atoms with E-state index in [4.69, 9.17) is 5.73 Å². The van der Waals surface area contributed by atoms with Crippen molar-refractivity contribution in [2.75, 3.05) is 23.3 Å². The first kappa shape index (κ1) is 10.5. The van der Waals surface area contributed by atoms with E-state index in [1.807, 2.05) is 11.8 Å². The van der Waals surface area contributed by atoms with E-state index in [9.17, 15) is 0 Å². The third-order valence-corrected chi connectivity index (χ3v) is 3.91. The number of aromatic nitrogens is 2. The Morgan fingerprint density at radius 2 is 2.47 bits per heavy atom. The lowest BCUT2D eigenvalue weighted by Gasteiger charge is -2.21. The van der Waals surface area contributed by atoms with Crippen LogP contribution >= 0.6 is 11.8 Å². The lowest BCUT2D eigenvalue weighted by atomic mass is 10.2. The third-order valence-electron chi connectivity index (χ3n) is 2.51. The summed E-state index contributed by atoms with van der Waals surface area (Å²) in [5, 5.41) is 3.99. The molecule has 0 radical (unpaired) electrons. The molecule has 1 aliphatic rings. The SMILES string of the molecule is Nc1cncnc1NCC1CCCCS1. The fourth-order valence-corrected chi connectivity index (χ4v) is 2.91. The summed E-state index contributed by atoms with van der Waals surface area (Å²) in [6.07, 6.45) is 7.15. The molecule has 0 aromatic carbocycles. The Bertz CT molecular complexity index is 312. The number of nitrogens with one attached hydrogen (secondary N) is 1. The molecule has 1 aromatic heterocycles. The van der Waals surface area contributed by atoms with Crippen LogP contribution in [-0.2, 0) is 0 Å². The molecule has 1 unspecified atom stereocenters. The summed E-state index contributed by atoms with van der Waals surface area (Å²) < 4.78 is 0. The van der Waals surface area contributed by atoms with Crippen molar-refractivity contribution in [2.24, 2.45) is 0 Å². The van der Waals surface area contributed by atoms with Crippen LogP contribution in [0.2, 0.25) is 0 Å². The summed E-state index contributed by atoms with van der Waals surface area (Å²) in [6, 6.07) is 0. The summed E-state index contributed by atoms with van der Waals surface area (Å²) in [7, 11) is 0. The molecule has 0 aliphatic carbocycles. The standard InChI is InChI=1S/C10H16N4S/c11-9-6-12-7-14-10(9)13-5-8-3-1-2-4-15-8/h6-8H,1-5,11H2,(H,12,13,14). The van der Waals surface area contributed by atoms with Gasteiger partial charge in [-0.3, -0.25) is 0 Å². The van der Waals surface area contributed by atoms with Gasteiger partial charge in [-0.2, -0.15) is 11.8 Å². The minimum absolute atomic E-state index is 0.623. The molecule has 3 N–H and O–H groups in total. The number of thioether (sulfide) groups is 1. The van der Waals surface area contributed by atoms with Crippen molar-refractivity contribution in [3.63, 3.8) is 0 Å². The van der Waals surface area contributed by atoms with Crippen LogP contribution in [-0.4, -0.2) is 27.5 Å². The van der Waals surface area contributed by atoms with Gasteiger partial charge in [0.05, 0.1) is 11.9 Å². The normalized spacial score (nSPS) is 21.2. The summed E-state index contributed by atoms with van der Waals surface area (Å²) in [4.78, 5) is 7.96. The number of nitrogen functional groups attached to an aromatic ring is 1. The van der Waals surface area contributed by atoms with Gasteiger partial charge in [-0.25, -0.2) is 9.97 Å². The van der Waals surface area contributed by atoms with E-state index in [1.54, 1.807) is 6.20 Å². The highest BCUT2D eigenvalue weighted by molar-refractivity contribution is 7.99. The quantitative estimate of drug-likeness (QED) is 0.819. The Balaban J connectivity index is 1.84. The molecule has 0 bridgehead atoms. The van der Waals surface area contributed by atoms with Gasteiger partial charge in [-0.05, 0) is 18.6 Å². The van der Waals surface area contributed by atoms with Crippen molar-refractivity contribution in [1.82, 2.24) is 9.97 Å². The lowest BCUT2D eigenvalue weighted by Crippen LogP contribution is -2.21. The van der Waals surface area contributed by atoms with E-state index in [0.29, 0.717) is 10.9 Å². The molecule has 1 fully saturated rings. The lowest BCUT2D eigenvalue weighted by molar-refractivity contribution is 0.677. The third kappa shape index (κ3) is 2.99. The molecule has 1 aliphatic heterocycles. The molecule has 0 saturated carbocycles. The van der Waals surface area contributed by atoms with Gasteiger partial charge in [-0.1, -0.05) is 6.42 Å². The first-order valence-electron chi connectivity index (χ1n) is 5.27. The molecular formula is C10H16N4S. The molecule has 2 rings (SSSR count). The van der Waals surface area contributed by atoms with Crippen LogP contribution in [0.15, 0.2) is 12.5 Å². The van der Waals surface area contributed by atoms with E-state index in [2.05, 4.69) is 15.3 Å². The van der Waals surface area contributed by atoms with Gasteiger partial charge < -0.3 is 11.1 Å². The Labute approximate surface area is 94.1 Å². The minimum Gasteiger partial charge on any atom is -0.394 e. The highest BCUT2D eigenvalue weighted by Crippen LogP contribution is 2.25. The second kappa shape index (κ2) is 5.21. The molecular weight excluding hydrogens is 208 g/mol. The van der Waals surface area contributed by atoms with Crippen molar-refractivity contribution in [3.05, 3.63) is 12.5 Å². The number of rotatable bonds is 3. The van der Waals surface area contributed by atoms with Crippen LogP contribution in [0.3, 0.4) is 0 Å². The minimum atomic E-state index is 0.623. The molecule has 4 nitrogen and oxygen atoms in total. The highest BCUT2D eigenvalue weighted by atomic mass is 32.2. The van der Waals surface area contributed by atoms with Crippen LogP contribution in [0, 0.1) is 0 Å². The Morgan fingerprint density at radius 3 is 3.20 bits per heavy atom. The number of anilines is 2. The van der Waals surface area contributed by atoms with E-state index < -0.39 is 0 Å². The Hall–Kier alpha value is -0.970. The van der Waals surface area contributed by atoms with Crippen molar-refractivity contribution >= 4 is 23.3 Å². The largest absolute Gasteiger partial charge is 0.394 e. The van der Waals surface area contributed by atoms with Crippen LogP contribution in [0.25, 0.3) is 0 Å². The maximum atomic E-state index is 5.74. The maximum absolute atomic E-state index is 5.74. The summed E-state index contributed by atoms with van der Waals surface area (Å²) in [5.41, 5.74) is 6.37. The van der Waals surface area contributed by atoms with E-state index in [-0.39, 0.29) is 0 Å². The Kier molecular flexibility index (Phi) is 3.66. The van der Waals surface area contributed by atoms with Gasteiger partial charge in [0.15, 0.2) is 5.82 Å². The zero-order chi connectivity index (χ0) is 10.5. The number of nitrogens with zero attached hydrogens (tertiary/aromatic N) is 2. The molecule has 1 atom stereocenters. The first-order chi connectivity index (χ1) is 7.36. The smallest absolute Gasteiger partial charge is 0.152 e. The zero-order valence-corrected chi connectivity index (χ0v) is 9.46. The first-order valence-corrected chi connectivity index (χ1v) is 6.32. The van der Waals surface area contributed by atoms with E-state index in [1.165, 1.54) is 31.3 Å². The number of nitrogens with two attached hydrogens (primary N) is 1. The van der Waals surface area contributed by atoms with Gasteiger partial charge in [-0.15, -0.1) is 0 Å². The average Bonchev–Trinajstić information content (AvgIpc) is 2.29. The molecule has 1 saturated heterocycles. The second-order valence-electron chi connectivity index (χ2n) is 3.70. The highest BCUT2D eigenvalue weighted by Gasteiger charge is 2.13. The van der Waals surface area contributed by atoms with Crippen LogP contribution in [0.1, 0.15) is 19.3 Å². The van der Waals surface area contributed by atoms with Crippen molar-refractivity contribution in [3.8, 4) is 0 Å². The van der Waals surface area contributed by atoms with Gasteiger partial charge >= 0.3 is 0 Å². The fourth-order valence-electron chi connectivity index (χ4n) is 1.67. The monoisotopic (exact) mass is 224 g/mol. The fraction of sp³-hybridized carbons (Fsp3) is 0.600. The number of hydrogen-bond acceptors (Lipinski definition) is 5. The van der Waals surface area contributed by atoms with Crippen molar-refractivity contribution in [2.45, 2.75) is 24.5 Å². The van der Waals surface area contributed by atoms with Crippen molar-refractivity contribution < 1.29 is 0 Å². The second-order valence-corrected chi connectivity index (χ2v) is 5.10. The predicted octanol–water partition coefficient (Wildman–Crippen LogP) is 1.76. The molecule has 1 aromatic rings. The predicted molar refractivity (Wildman–Crippen MR) is 65.0 cm³/mol. The molecule has 0 spiro atoms. The number of hydrogen-bond donors (Lipinski definition) is 2. The van der Waals surface area contributed by atoms with Gasteiger partial charge in [0.25, 0.3) is 0 Å². The molecule has 5 heteroatoms. The summed E-state index contributed by atoms with van der Waals surface area (Å²) in [5.74, 6) is 2.04. The van der Waals surface area contributed by atoms with Crippen molar-refractivity contribution in [1.29, 1.82) is 0 Å². The molecule has 15 heavy (non-hydrogen) atoms. The summed E-state index contributed by atoms with van der Waals surface area (Å²) >= 11 is 2.04. The van der Waals surface area contributed by atoms with E-state index >= 15 is 0 Å². The molecule has 82 valence electrons. The zero-order valence-electron chi connectivity index (χ0n) is 8.65. The van der Waals surface area contributed by atoms with Crippen LogP contribution in [0.4, 0.5) is 11.5 Å². The maximum Gasteiger partial charge on any atom is 0.152 e. The molecule has 0 amide bonds. The molecule has 2 heterocycles. The van der Waals surface area contributed by atoms with Crippen LogP contribution < -0.4 is 11.1 Å². The van der Waals surface area contributed by atoms with E-state index in [0.717, 1.165) is 12.4 Å². The topological polar surface area (TPSA) is 63.8 Å². The van der Waals surface area contributed by atoms with Gasteiger partial charge in [0.1, 0.15) is 6.33 Å². The average molecular weight is 224 g/mol. The summed E-state index contributed by atoms with van der Waals surface area (Å²) in [6.45, 7) is 0.950. The Morgan fingerprint density at radius 1 is 1.53 bits per heavy atom. The van der Waals surface area contributed by atoms with Crippen LogP contribution in [0.5, 0.6) is 0 Å².